The zero-order chi connectivity index (χ0) is 19.0. The van der Waals surface area contributed by atoms with Gasteiger partial charge in [-0.2, -0.15) is 0 Å². The summed E-state index contributed by atoms with van der Waals surface area (Å²) in [6, 6.07) is 16.6. The second-order valence-electron chi connectivity index (χ2n) is 7.36. The fraction of sp³-hybridized carbons (Fsp3) is 0.261. The van der Waals surface area contributed by atoms with E-state index in [1.165, 1.54) is 28.6 Å². The first-order valence-electron chi connectivity index (χ1n) is 9.28. The molecule has 138 valence electrons. The number of rotatable bonds is 5. The van der Waals surface area contributed by atoms with E-state index in [0.717, 1.165) is 23.8 Å². The molecule has 1 amide bonds. The molecule has 4 heteroatoms. The predicted octanol–water partition coefficient (Wildman–Crippen LogP) is 4.11. The van der Waals surface area contributed by atoms with E-state index in [-0.39, 0.29) is 17.8 Å². The number of benzene rings is 3. The first-order valence-corrected chi connectivity index (χ1v) is 9.28. The maximum absolute atomic E-state index is 13.6. The Labute approximate surface area is 158 Å². The Kier molecular flexibility index (Phi) is 4.66. The van der Waals surface area contributed by atoms with Gasteiger partial charge in [-0.1, -0.05) is 36.4 Å². The summed E-state index contributed by atoms with van der Waals surface area (Å²) in [5.41, 5.74) is 4.20. The molecule has 0 bridgehead atoms. The summed E-state index contributed by atoms with van der Waals surface area (Å²) in [7, 11) is 3.86. The van der Waals surface area contributed by atoms with Gasteiger partial charge in [-0.05, 0) is 72.6 Å². The van der Waals surface area contributed by atoms with Crippen LogP contribution in [-0.4, -0.2) is 31.4 Å². The molecule has 1 aliphatic rings. The minimum atomic E-state index is -0.266. The molecule has 0 radical (unpaired) electrons. The van der Waals surface area contributed by atoms with Crippen molar-refractivity contribution < 1.29 is 9.18 Å². The van der Waals surface area contributed by atoms with Crippen molar-refractivity contribution in [2.45, 2.75) is 18.9 Å². The maximum atomic E-state index is 13.6. The molecule has 27 heavy (non-hydrogen) atoms. The third kappa shape index (κ3) is 3.33. The van der Waals surface area contributed by atoms with E-state index in [4.69, 9.17) is 0 Å². The van der Waals surface area contributed by atoms with Crippen LogP contribution in [0, 0.1) is 5.82 Å². The van der Waals surface area contributed by atoms with Gasteiger partial charge in [0.2, 0.25) is 0 Å². The van der Waals surface area contributed by atoms with Crippen molar-refractivity contribution in [3.63, 3.8) is 0 Å². The smallest absolute Gasteiger partial charge is 0.251 e. The fourth-order valence-corrected chi connectivity index (χ4v) is 4.04. The largest absolute Gasteiger partial charge is 0.350 e. The van der Waals surface area contributed by atoms with E-state index in [1.807, 2.05) is 43.3 Å². The van der Waals surface area contributed by atoms with Gasteiger partial charge in [0.15, 0.2) is 0 Å². The zero-order valence-corrected chi connectivity index (χ0v) is 15.6. The highest BCUT2D eigenvalue weighted by atomic mass is 19.1. The summed E-state index contributed by atoms with van der Waals surface area (Å²) < 4.78 is 13.6. The zero-order valence-electron chi connectivity index (χ0n) is 15.6. The minimum Gasteiger partial charge on any atom is -0.350 e. The number of aryl methyl sites for hydroxylation is 2. The number of likely N-dealkylation sites (N-methyl/N-ethyl adjacent to an activating group) is 1. The van der Waals surface area contributed by atoms with Crippen LogP contribution in [-0.2, 0) is 12.8 Å². The van der Waals surface area contributed by atoms with E-state index in [0.29, 0.717) is 12.1 Å². The molecule has 3 nitrogen and oxygen atoms in total. The van der Waals surface area contributed by atoms with Gasteiger partial charge in [0.05, 0.1) is 6.04 Å². The molecule has 0 fully saturated rings. The number of nitrogens with zero attached hydrogens (tertiary/aromatic N) is 1. The maximum Gasteiger partial charge on any atom is 0.251 e. The normalized spacial score (nSPS) is 13.9. The molecule has 1 aliphatic carbocycles. The van der Waals surface area contributed by atoms with Crippen LogP contribution in [0.1, 0.15) is 33.1 Å². The molecule has 1 unspecified atom stereocenters. The Morgan fingerprint density at radius 3 is 2.56 bits per heavy atom. The summed E-state index contributed by atoms with van der Waals surface area (Å²) >= 11 is 0. The fourth-order valence-electron chi connectivity index (χ4n) is 4.04. The molecule has 0 spiro atoms. The standard InChI is InChI=1S/C23H23FN2O/c1-26(2)21(17-6-3-7-18(24)13-17)14-25-23(27)20-12-11-16-10-9-15-5-4-8-19(20)22(15)16/h3-8,11-13,21H,9-10,14H2,1-2H3,(H,25,27). The molecule has 0 saturated carbocycles. The molecule has 1 N–H and O–H groups in total. The molecular weight excluding hydrogens is 339 g/mol. The number of hydrogen-bond donors (Lipinski definition) is 1. The summed E-state index contributed by atoms with van der Waals surface area (Å²) in [6.45, 7) is 0.415. The van der Waals surface area contributed by atoms with Crippen LogP contribution in [0.4, 0.5) is 4.39 Å². The number of carbonyl (C=O) groups excluding carboxylic acids is 1. The lowest BCUT2D eigenvalue weighted by molar-refractivity contribution is 0.0943. The lowest BCUT2D eigenvalue weighted by Crippen LogP contribution is -2.34. The van der Waals surface area contributed by atoms with Crippen molar-refractivity contribution in [1.29, 1.82) is 0 Å². The number of amides is 1. The van der Waals surface area contributed by atoms with E-state index < -0.39 is 0 Å². The molecule has 0 aromatic heterocycles. The van der Waals surface area contributed by atoms with Gasteiger partial charge in [0.1, 0.15) is 5.82 Å². The van der Waals surface area contributed by atoms with E-state index in [1.54, 1.807) is 6.07 Å². The predicted molar refractivity (Wildman–Crippen MR) is 107 cm³/mol. The van der Waals surface area contributed by atoms with Gasteiger partial charge < -0.3 is 10.2 Å². The number of nitrogens with one attached hydrogen (secondary N) is 1. The van der Waals surface area contributed by atoms with Crippen LogP contribution in [0.2, 0.25) is 0 Å². The first kappa shape index (κ1) is 17.7. The Morgan fingerprint density at radius 1 is 1.07 bits per heavy atom. The second kappa shape index (κ2) is 7.12. The molecule has 3 aromatic rings. The van der Waals surface area contributed by atoms with E-state index in [9.17, 15) is 9.18 Å². The van der Waals surface area contributed by atoms with Crippen LogP contribution >= 0.6 is 0 Å². The van der Waals surface area contributed by atoms with E-state index >= 15 is 0 Å². The van der Waals surface area contributed by atoms with Crippen LogP contribution in [0.3, 0.4) is 0 Å². The van der Waals surface area contributed by atoms with Crippen molar-refractivity contribution >= 4 is 16.7 Å². The Balaban J connectivity index is 1.58. The van der Waals surface area contributed by atoms with Crippen LogP contribution < -0.4 is 5.32 Å². The molecule has 1 atom stereocenters. The number of hydrogen-bond acceptors (Lipinski definition) is 2. The molecule has 0 saturated heterocycles. The molecule has 0 heterocycles. The average molecular weight is 362 g/mol. The van der Waals surface area contributed by atoms with E-state index in [2.05, 4.69) is 17.4 Å². The summed E-state index contributed by atoms with van der Waals surface area (Å²) in [5, 5.41) is 5.30. The van der Waals surface area contributed by atoms with Gasteiger partial charge in [0.25, 0.3) is 5.91 Å². The highest BCUT2D eigenvalue weighted by Gasteiger charge is 2.20. The molecule has 0 aliphatic heterocycles. The summed E-state index contributed by atoms with van der Waals surface area (Å²) in [5.74, 6) is -0.355. The summed E-state index contributed by atoms with van der Waals surface area (Å²) in [4.78, 5) is 14.9. The summed E-state index contributed by atoms with van der Waals surface area (Å²) in [6.07, 6.45) is 2.08. The monoisotopic (exact) mass is 362 g/mol. The molecule has 3 aromatic carbocycles. The van der Waals surface area contributed by atoms with Gasteiger partial charge in [-0.3, -0.25) is 4.79 Å². The van der Waals surface area contributed by atoms with Crippen LogP contribution in [0.15, 0.2) is 54.6 Å². The first-order chi connectivity index (χ1) is 13.0. The van der Waals surface area contributed by atoms with Gasteiger partial charge in [-0.15, -0.1) is 0 Å². The Bertz CT molecular complexity index is 1000. The average Bonchev–Trinajstić information content (AvgIpc) is 3.07. The SMILES string of the molecule is CN(C)C(CNC(=O)c1ccc2c3c(cccc13)CC2)c1cccc(F)c1. The molecular formula is C23H23FN2O. The lowest BCUT2D eigenvalue weighted by Gasteiger charge is -2.25. The van der Waals surface area contributed by atoms with Crippen molar-refractivity contribution in [2.24, 2.45) is 0 Å². The number of carbonyl (C=O) groups is 1. The second-order valence-corrected chi connectivity index (χ2v) is 7.36. The highest BCUT2D eigenvalue weighted by molar-refractivity contribution is 6.09. The van der Waals surface area contributed by atoms with Gasteiger partial charge >= 0.3 is 0 Å². The van der Waals surface area contributed by atoms with Crippen molar-refractivity contribution in [3.05, 3.63) is 82.7 Å². The Morgan fingerprint density at radius 2 is 1.81 bits per heavy atom. The third-order valence-corrected chi connectivity index (χ3v) is 5.43. The van der Waals surface area contributed by atoms with Crippen molar-refractivity contribution in [1.82, 2.24) is 10.2 Å². The van der Waals surface area contributed by atoms with Crippen LogP contribution in [0.5, 0.6) is 0 Å². The third-order valence-electron chi connectivity index (χ3n) is 5.43. The highest BCUT2D eigenvalue weighted by Crippen LogP contribution is 2.32. The van der Waals surface area contributed by atoms with Crippen LogP contribution in [0.25, 0.3) is 10.8 Å². The minimum absolute atomic E-state index is 0.0890. The van der Waals surface area contributed by atoms with Crippen molar-refractivity contribution in [3.8, 4) is 0 Å². The van der Waals surface area contributed by atoms with Crippen molar-refractivity contribution in [2.75, 3.05) is 20.6 Å². The van der Waals surface area contributed by atoms with Gasteiger partial charge in [-0.25, -0.2) is 4.39 Å². The van der Waals surface area contributed by atoms with Gasteiger partial charge in [0, 0.05) is 12.1 Å². The Hall–Kier alpha value is -2.72. The quantitative estimate of drug-likeness (QED) is 0.741. The lowest BCUT2D eigenvalue weighted by atomic mass is 9.99. The topological polar surface area (TPSA) is 32.3 Å². The number of halogens is 1. The molecule has 4 rings (SSSR count).